The molecule has 1 amide bonds. The minimum Gasteiger partial charge on any atom is -0.353 e. The van der Waals surface area contributed by atoms with Crippen molar-refractivity contribution in [1.82, 2.24) is 24.5 Å². The van der Waals surface area contributed by atoms with Gasteiger partial charge < -0.3 is 5.32 Å². The highest BCUT2D eigenvalue weighted by Gasteiger charge is 2.19. The second-order valence-corrected chi connectivity index (χ2v) is 7.82. The third-order valence-corrected chi connectivity index (χ3v) is 6.03. The summed E-state index contributed by atoms with van der Waals surface area (Å²) in [4.78, 5) is 25.0. The van der Waals surface area contributed by atoms with Gasteiger partial charge in [0, 0.05) is 12.6 Å². The van der Waals surface area contributed by atoms with Gasteiger partial charge in [-0.3, -0.25) is 18.6 Å². The SMILES string of the molecule is CCn1c(=O)c2ccccc2n2c(SCC(=O)NC3CCCCC3)nnc12. The molecular formula is C19H23N5O2S. The van der Waals surface area contributed by atoms with E-state index < -0.39 is 0 Å². The highest BCUT2D eigenvalue weighted by Crippen LogP contribution is 2.22. The van der Waals surface area contributed by atoms with Gasteiger partial charge in [-0.05, 0) is 31.9 Å². The minimum atomic E-state index is -0.0698. The second kappa shape index (κ2) is 7.72. The fourth-order valence-electron chi connectivity index (χ4n) is 3.76. The highest BCUT2D eigenvalue weighted by molar-refractivity contribution is 7.99. The van der Waals surface area contributed by atoms with Crippen LogP contribution in [0.5, 0.6) is 0 Å². The van der Waals surface area contributed by atoms with Crippen LogP contribution in [0.25, 0.3) is 16.7 Å². The van der Waals surface area contributed by atoms with E-state index in [1.54, 1.807) is 4.57 Å². The largest absolute Gasteiger partial charge is 0.353 e. The molecular weight excluding hydrogens is 362 g/mol. The lowest BCUT2D eigenvalue weighted by molar-refractivity contribution is -0.119. The first-order valence-electron chi connectivity index (χ1n) is 9.48. The predicted molar refractivity (Wildman–Crippen MR) is 106 cm³/mol. The molecule has 3 aromatic rings. The minimum absolute atomic E-state index is 0.0248. The zero-order valence-electron chi connectivity index (χ0n) is 15.4. The second-order valence-electron chi connectivity index (χ2n) is 6.88. The fraction of sp³-hybridized carbons (Fsp3) is 0.474. The number of aromatic nitrogens is 4. The van der Waals surface area contributed by atoms with Gasteiger partial charge in [0.25, 0.3) is 5.56 Å². The number of thioether (sulfide) groups is 1. The third kappa shape index (κ3) is 3.45. The average molecular weight is 385 g/mol. The molecule has 8 heteroatoms. The Morgan fingerprint density at radius 3 is 2.78 bits per heavy atom. The normalized spacial score (nSPS) is 15.4. The van der Waals surface area contributed by atoms with Crippen molar-refractivity contribution in [2.24, 2.45) is 0 Å². The first-order valence-corrected chi connectivity index (χ1v) is 10.5. The van der Waals surface area contributed by atoms with E-state index >= 15 is 0 Å². The lowest BCUT2D eigenvalue weighted by atomic mass is 9.95. The number of nitrogens with one attached hydrogen (secondary N) is 1. The summed E-state index contributed by atoms with van der Waals surface area (Å²) in [6.07, 6.45) is 5.77. The molecule has 1 fully saturated rings. The van der Waals surface area contributed by atoms with Crippen LogP contribution in [0.2, 0.25) is 0 Å². The fourth-order valence-corrected chi connectivity index (χ4v) is 4.51. The van der Waals surface area contributed by atoms with Crippen LogP contribution < -0.4 is 10.9 Å². The molecule has 1 aromatic carbocycles. The number of fused-ring (bicyclic) bond motifs is 3. The summed E-state index contributed by atoms with van der Waals surface area (Å²) >= 11 is 1.36. The lowest BCUT2D eigenvalue weighted by Crippen LogP contribution is -2.37. The number of rotatable bonds is 5. The number of amides is 1. The van der Waals surface area contributed by atoms with E-state index in [1.165, 1.54) is 31.0 Å². The summed E-state index contributed by atoms with van der Waals surface area (Å²) in [7, 11) is 0. The Balaban J connectivity index is 1.62. The van der Waals surface area contributed by atoms with Crippen molar-refractivity contribution in [3.63, 3.8) is 0 Å². The summed E-state index contributed by atoms with van der Waals surface area (Å²) < 4.78 is 3.49. The smallest absolute Gasteiger partial charge is 0.262 e. The number of hydrogen-bond acceptors (Lipinski definition) is 5. The summed E-state index contributed by atoms with van der Waals surface area (Å²) in [5, 5.41) is 12.8. The number of carbonyl (C=O) groups is 1. The van der Waals surface area contributed by atoms with E-state index in [4.69, 9.17) is 0 Å². The van der Waals surface area contributed by atoms with Crippen molar-refractivity contribution < 1.29 is 4.79 Å². The Morgan fingerprint density at radius 1 is 1.22 bits per heavy atom. The van der Waals surface area contributed by atoms with E-state index in [9.17, 15) is 9.59 Å². The molecule has 27 heavy (non-hydrogen) atoms. The maximum Gasteiger partial charge on any atom is 0.262 e. The Labute approximate surface area is 161 Å². The predicted octanol–water partition coefficient (Wildman–Crippen LogP) is 2.61. The van der Waals surface area contributed by atoms with Crippen LogP contribution in [0.3, 0.4) is 0 Å². The van der Waals surface area contributed by atoms with E-state index in [2.05, 4.69) is 15.5 Å². The molecule has 142 valence electrons. The van der Waals surface area contributed by atoms with Gasteiger partial charge >= 0.3 is 0 Å². The summed E-state index contributed by atoms with van der Waals surface area (Å²) in [6.45, 7) is 2.42. The van der Waals surface area contributed by atoms with Crippen LogP contribution in [0.4, 0.5) is 0 Å². The summed E-state index contributed by atoms with van der Waals surface area (Å²) in [5.41, 5.74) is 0.696. The van der Waals surface area contributed by atoms with Gasteiger partial charge in [-0.15, -0.1) is 10.2 Å². The maximum atomic E-state index is 12.7. The van der Waals surface area contributed by atoms with Crippen LogP contribution in [0.1, 0.15) is 39.0 Å². The molecule has 2 heterocycles. The van der Waals surface area contributed by atoms with Gasteiger partial charge in [0.05, 0.1) is 16.7 Å². The Bertz CT molecular complexity index is 1040. The highest BCUT2D eigenvalue weighted by atomic mass is 32.2. The lowest BCUT2D eigenvalue weighted by Gasteiger charge is -2.22. The molecule has 1 N–H and O–H groups in total. The van der Waals surface area contributed by atoms with Crippen LogP contribution in [0.15, 0.2) is 34.2 Å². The van der Waals surface area contributed by atoms with Gasteiger partial charge in [0.15, 0.2) is 5.16 Å². The van der Waals surface area contributed by atoms with E-state index in [-0.39, 0.29) is 17.2 Å². The van der Waals surface area contributed by atoms with Gasteiger partial charge in [-0.25, -0.2) is 0 Å². The molecule has 1 saturated carbocycles. The van der Waals surface area contributed by atoms with Crippen LogP contribution in [-0.2, 0) is 11.3 Å². The first-order chi connectivity index (χ1) is 13.2. The Kier molecular flexibility index (Phi) is 5.15. The number of hydrogen-bond donors (Lipinski definition) is 1. The molecule has 1 aliphatic rings. The molecule has 7 nitrogen and oxygen atoms in total. The molecule has 0 atom stereocenters. The number of benzene rings is 1. The van der Waals surface area contributed by atoms with Gasteiger partial charge in [0.2, 0.25) is 11.7 Å². The number of nitrogens with zero attached hydrogens (tertiary/aromatic N) is 4. The van der Waals surface area contributed by atoms with Crippen molar-refractivity contribution >= 4 is 34.3 Å². The van der Waals surface area contributed by atoms with Crippen LogP contribution in [0, 0.1) is 0 Å². The molecule has 1 aliphatic carbocycles. The molecule has 0 saturated heterocycles. The molecule has 0 bridgehead atoms. The summed E-state index contributed by atoms with van der Waals surface area (Å²) in [6, 6.07) is 7.74. The third-order valence-electron chi connectivity index (χ3n) is 5.10. The topological polar surface area (TPSA) is 81.3 Å². The number of para-hydroxylation sites is 1. The van der Waals surface area contributed by atoms with E-state index in [0.29, 0.717) is 28.9 Å². The van der Waals surface area contributed by atoms with E-state index in [0.717, 1.165) is 18.4 Å². The molecule has 2 aromatic heterocycles. The monoisotopic (exact) mass is 385 g/mol. The Morgan fingerprint density at radius 2 is 2.00 bits per heavy atom. The molecule has 0 unspecified atom stereocenters. The Hall–Kier alpha value is -2.35. The zero-order chi connectivity index (χ0) is 18.8. The van der Waals surface area contributed by atoms with Crippen LogP contribution >= 0.6 is 11.8 Å². The molecule has 0 radical (unpaired) electrons. The first kappa shape index (κ1) is 18.0. The quantitative estimate of drug-likeness (QED) is 0.683. The molecule has 4 rings (SSSR count). The standard InChI is InChI=1S/C19H23N5O2S/c1-2-23-17(26)14-10-6-7-11-15(14)24-18(23)21-22-19(24)27-12-16(25)20-13-8-4-3-5-9-13/h6-7,10-11,13H,2-5,8-9,12H2,1H3,(H,20,25). The van der Waals surface area contributed by atoms with Gasteiger partial charge in [0.1, 0.15) is 0 Å². The van der Waals surface area contributed by atoms with Gasteiger partial charge in [-0.2, -0.15) is 0 Å². The van der Waals surface area contributed by atoms with Crippen molar-refractivity contribution in [2.45, 2.75) is 56.8 Å². The van der Waals surface area contributed by atoms with Crippen molar-refractivity contribution in [3.8, 4) is 0 Å². The molecule has 0 aliphatic heterocycles. The zero-order valence-corrected chi connectivity index (χ0v) is 16.2. The van der Waals surface area contributed by atoms with Crippen molar-refractivity contribution in [3.05, 3.63) is 34.6 Å². The number of carbonyl (C=O) groups excluding carboxylic acids is 1. The maximum absolute atomic E-state index is 12.7. The van der Waals surface area contributed by atoms with Gasteiger partial charge in [-0.1, -0.05) is 43.2 Å². The van der Waals surface area contributed by atoms with Crippen molar-refractivity contribution in [1.29, 1.82) is 0 Å². The van der Waals surface area contributed by atoms with Crippen molar-refractivity contribution in [2.75, 3.05) is 5.75 Å². The number of aryl methyl sites for hydroxylation is 1. The average Bonchev–Trinajstić information content (AvgIpc) is 3.12. The van der Waals surface area contributed by atoms with Crippen LogP contribution in [-0.4, -0.2) is 36.9 Å². The summed E-state index contributed by atoms with van der Waals surface area (Å²) in [5.74, 6) is 0.824. The molecule has 0 spiro atoms. The van der Waals surface area contributed by atoms with E-state index in [1.807, 2.05) is 35.6 Å².